The van der Waals surface area contributed by atoms with Gasteiger partial charge in [0.05, 0.1) is 5.02 Å². The van der Waals surface area contributed by atoms with Gasteiger partial charge in [-0.05, 0) is 61.7 Å². The fraction of sp³-hybridized carbons (Fsp3) is 0.250. The number of aryl methyl sites for hydroxylation is 1. The molecule has 20 heavy (non-hydrogen) atoms. The summed E-state index contributed by atoms with van der Waals surface area (Å²) < 4.78 is 6.95. The van der Waals surface area contributed by atoms with Crippen LogP contribution < -0.4 is 10.5 Å². The predicted octanol–water partition coefficient (Wildman–Crippen LogP) is 5.09. The molecule has 2 rings (SSSR count). The highest BCUT2D eigenvalue weighted by Crippen LogP contribution is 2.33. The topological polar surface area (TPSA) is 35.2 Å². The van der Waals surface area contributed by atoms with Gasteiger partial charge in [-0.3, -0.25) is 0 Å². The zero-order valence-corrected chi connectivity index (χ0v) is 13.8. The highest BCUT2D eigenvalue weighted by Gasteiger charge is 2.10. The zero-order valence-electron chi connectivity index (χ0n) is 11.5. The Balaban J connectivity index is 2.32. The fourth-order valence-electron chi connectivity index (χ4n) is 1.96. The molecule has 0 saturated carbocycles. The molecule has 0 amide bonds. The van der Waals surface area contributed by atoms with Crippen LogP contribution in [0, 0.1) is 6.92 Å². The van der Waals surface area contributed by atoms with Crippen molar-refractivity contribution in [3.8, 4) is 11.5 Å². The first-order chi connectivity index (χ1) is 9.45. The highest BCUT2D eigenvalue weighted by atomic mass is 79.9. The Bertz CT molecular complexity index is 613. The Morgan fingerprint density at radius 1 is 1.20 bits per heavy atom. The standard InChI is InChI=1S/C16H17BrClNO/c1-10-3-5-16(14(18)7-10)20-15-6-4-13(17)9-12(15)8-11(2)19/h3-7,9,11H,8,19H2,1-2H3. The van der Waals surface area contributed by atoms with Crippen LogP contribution in [-0.4, -0.2) is 6.04 Å². The van der Waals surface area contributed by atoms with Gasteiger partial charge < -0.3 is 10.5 Å². The van der Waals surface area contributed by atoms with Gasteiger partial charge >= 0.3 is 0 Å². The van der Waals surface area contributed by atoms with Gasteiger partial charge in [0.25, 0.3) is 0 Å². The summed E-state index contributed by atoms with van der Waals surface area (Å²) in [6, 6.07) is 11.7. The van der Waals surface area contributed by atoms with Gasteiger partial charge in [-0.2, -0.15) is 0 Å². The molecule has 0 heterocycles. The molecule has 0 fully saturated rings. The van der Waals surface area contributed by atoms with Gasteiger partial charge in [-0.25, -0.2) is 0 Å². The molecule has 2 aromatic carbocycles. The number of nitrogens with two attached hydrogens (primary N) is 1. The van der Waals surface area contributed by atoms with E-state index in [9.17, 15) is 0 Å². The van der Waals surface area contributed by atoms with Gasteiger partial charge in [-0.1, -0.05) is 33.6 Å². The lowest BCUT2D eigenvalue weighted by molar-refractivity contribution is 0.474. The van der Waals surface area contributed by atoms with Crippen LogP contribution >= 0.6 is 27.5 Å². The van der Waals surface area contributed by atoms with Gasteiger partial charge in [0.15, 0.2) is 0 Å². The maximum absolute atomic E-state index is 6.21. The van der Waals surface area contributed by atoms with Gasteiger partial charge in [0.1, 0.15) is 11.5 Å². The summed E-state index contributed by atoms with van der Waals surface area (Å²) in [7, 11) is 0. The number of benzene rings is 2. The molecule has 0 aliphatic heterocycles. The number of rotatable bonds is 4. The van der Waals surface area contributed by atoms with E-state index in [-0.39, 0.29) is 6.04 Å². The van der Waals surface area contributed by atoms with Crippen molar-refractivity contribution >= 4 is 27.5 Å². The summed E-state index contributed by atoms with van der Waals surface area (Å²) in [5.41, 5.74) is 8.06. The maximum atomic E-state index is 6.21. The van der Waals surface area contributed by atoms with Crippen LogP contribution in [0.25, 0.3) is 0 Å². The second-order valence-corrected chi connectivity index (χ2v) is 6.29. The molecule has 2 aromatic rings. The van der Waals surface area contributed by atoms with Crippen molar-refractivity contribution in [3.05, 3.63) is 57.0 Å². The highest BCUT2D eigenvalue weighted by molar-refractivity contribution is 9.10. The molecule has 106 valence electrons. The Hall–Kier alpha value is -1.03. The van der Waals surface area contributed by atoms with E-state index in [0.717, 1.165) is 27.8 Å². The van der Waals surface area contributed by atoms with Crippen molar-refractivity contribution in [1.82, 2.24) is 0 Å². The average Bonchev–Trinajstić information content (AvgIpc) is 2.34. The number of hydrogen-bond acceptors (Lipinski definition) is 2. The van der Waals surface area contributed by atoms with Crippen LogP contribution in [0.2, 0.25) is 5.02 Å². The second-order valence-electron chi connectivity index (χ2n) is 4.97. The monoisotopic (exact) mass is 353 g/mol. The third kappa shape index (κ3) is 3.98. The van der Waals surface area contributed by atoms with E-state index < -0.39 is 0 Å². The van der Waals surface area contributed by atoms with Crippen LogP contribution in [-0.2, 0) is 6.42 Å². The van der Waals surface area contributed by atoms with Crippen molar-refractivity contribution in [2.45, 2.75) is 26.3 Å². The molecule has 0 aliphatic carbocycles. The summed E-state index contributed by atoms with van der Waals surface area (Å²) in [4.78, 5) is 0. The number of hydrogen-bond donors (Lipinski definition) is 1. The first-order valence-electron chi connectivity index (χ1n) is 6.43. The van der Waals surface area contributed by atoms with Gasteiger partial charge in [0, 0.05) is 10.5 Å². The van der Waals surface area contributed by atoms with Gasteiger partial charge in [-0.15, -0.1) is 0 Å². The Kier molecular flexibility index (Phi) is 5.08. The lowest BCUT2D eigenvalue weighted by atomic mass is 10.1. The quantitative estimate of drug-likeness (QED) is 0.829. The summed E-state index contributed by atoms with van der Waals surface area (Å²) in [5, 5.41) is 0.611. The Morgan fingerprint density at radius 2 is 1.90 bits per heavy atom. The molecule has 0 aromatic heterocycles. The summed E-state index contributed by atoms with van der Waals surface area (Å²) >= 11 is 9.68. The van der Waals surface area contributed by atoms with Crippen LogP contribution in [0.4, 0.5) is 0 Å². The lowest BCUT2D eigenvalue weighted by Crippen LogP contribution is -2.18. The van der Waals surface area contributed by atoms with E-state index in [4.69, 9.17) is 22.1 Å². The van der Waals surface area contributed by atoms with E-state index in [0.29, 0.717) is 10.8 Å². The molecule has 2 N–H and O–H groups in total. The maximum Gasteiger partial charge on any atom is 0.146 e. The lowest BCUT2D eigenvalue weighted by Gasteiger charge is -2.14. The normalized spacial score (nSPS) is 12.2. The van der Waals surface area contributed by atoms with Crippen LogP contribution in [0.3, 0.4) is 0 Å². The smallest absolute Gasteiger partial charge is 0.146 e. The third-order valence-corrected chi connectivity index (χ3v) is 3.66. The third-order valence-electron chi connectivity index (χ3n) is 2.87. The first-order valence-corrected chi connectivity index (χ1v) is 7.61. The minimum atomic E-state index is 0.0696. The summed E-state index contributed by atoms with van der Waals surface area (Å²) in [6.45, 7) is 3.97. The molecule has 0 spiro atoms. The minimum Gasteiger partial charge on any atom is -0.456 e. The molecule has 4 heteroatoms. The summed E-state index contributed by atoms with van der Waals surface area (Å²) in [6.07, 6.45) is 0.748. The van der Waals surface area contributed by atoms with E-state index >= 15 is 0 Å². The molecule has 1 atom stereocenters. The second kappa shape index (κ2) is 6.61. The average molecular weight is 355 g/mol. The molecule has 0 bridgehead atoms. The predicted molar refractivity (Wildman–Crippen MR) is 87.8 cm³/mol. The largest absolute Gasteiger partial charge is 0.456 e. The van der Waals surface area contributed by atoms with Crippen LogP contribution in [0.1, 0.15) is 18.1 Å². The Labute approximate surface area is 133 Å². The zero-order chi connectivity index (χ0) is 14.7. The van der Waals surface area contributed by atoms with E-state index in [1.165, 1.54) is 0 Å². The van der Waals surface area contributed by atoms with Crippen molar-refractivity contribution in [1.29, 1.82) is 0 Å². The molecular weight excluding hydrogens is 338 g/mol. The number of ether oxygens (including phenoxy) is 1. The molecule has 0 radical (unpaired) electrons. The first kappa shape index (κ1) is 15.4. The Morgan fingerprint density at radius 3 is 2.55 bits per heavy atom. The van der Waals surface area contributed by atoms with Crippen molar-refractivity contribution < 1.29 is 4.74 Å². The molecule has 0 aliphatic rings. The molecule has 0 saturated heterocycles. The van der Waals surface area contributed by atoms with Crippen molar-refractivity contribution in [3.63, 3.8) is 0 Å². The minimum absolute atomic E-state index is 0.0696. The van der Waals surface area contributed by atoms with Crippen molar-refractivity contribution in [2.75, 3.05) is 0 Å². The van der Waals surface area contributed by atoms with E-state index in [2.05, 4.69) is 15.9 Å². The molecule has 2 nitrogen and oxygen atoms in total. The number of halogens is 2. The van der Waals surface area contributed by atoms with E-state index in [1.807, 2.05) is 50.2 Å². The molecule has 1 unspecified atom stereocenters. The fourth-order valence-corrected chi connectivity index (χ4v) is 2.64. The molecular formula is C16H17BrClNO. The van der Waals surface area contributed by atoms with Crippen molar-refractivity contribution in [2.24, 2.45) is 5.73 Å². The summed E-state index contributed by atoms with van der Waals surface area (Å²) in [5.74, 6) is 1.45. The van der Waals surface area contributed by atoms with Crippen LogP contribution in [0.15, 0.2) is 40.9 Å². The SMILES string of the molecule is Cc1ccc(Oc2ccc(Br)cc2CC(C)N)c(Cl)c1. The van der Waals surface area contributed by atoms with Gasteiger partial charge in [0.2, 0.25) is 0 Å². The van der Waals surface area contributed by atoms with Crippen LogP contribution in [0.5, 0.6) is 11.5 Å². The van der Waals surface area contributed by atoms with E-state index in [1.54, 1.807) is 0 Å².